The minimum atomic E-state index is -4.62. The lowest BCUT2D eigenvalue weighted by Crippen LogP contribution is -2.50. The molecule has 0 radical (unpaired) electrons. The van der Waals surface area contributed by atoms with E-state index in [0.717, 1.165) is 0 Å². The number of nitrogens with one attached hydrogen (secondary N) is 3. The van der Waals surface area contributed by atoms with Crippen molar-refractivity contribution in [1.82, 2.24) is 39.0 Å². The van der Waals surface area contributed by atoms with Crippen LogP contribution in [0.3, 0.4) is 0 Å². The van der Waals surface area contributed by atoms with Gasteiger partial charge in [-0.1, -0.05) is 52.8 Å². The molecule has 5 aromatic rings. The van der Waals surface area contributed by atoms with Crippen LogP contribution in [0.25, 0.3) is 22.3 Å². The Morgan fingerprint density at radius 3 is 2.51 bits per heavy atom. The molecule has 2 bridgehead atoms. The molecule has 2 unspecified atom stereocenters. The van der Waals surface area contributed by atoms with Crippen molar-refractivity contribution >= 4 is 70.7 Å². The van der Waals surface area contributed by atoms with Crippen LogP contribution < -0.4 is 16.2 Å². The number of phosphoric acid groups is 1. The number of aromatic nitrogens is 8. The molecule has 0 aliphatic carbocycles. The normalized spacial score (nSPS) is 27.2. The SMILES string of the molecule is CC(C)C(=O)Nc1nc2c(ncn2[C@@H]2O[C@@H]3COP(=O)(OCCC#N)O[C@H]4C[C@H](n5cnc6c(NC(=O)c7ccccc7)ncnc65)O[C@@H]4COP(O)O[C@@H]2[C@@H]3O[Si](C)(C)C(C)(C)C)c(=O)[nH]1. The monoisotopic (exact) mass is 983 g/mol. The number of benzene rings is 1. The van der Waals surface area contributed by atoms with Crippen LogP contribution in [0.15, 0.2) is 54.1 Å². The van der Waals surface area contributed by atoms with E-state index in [1.54, 1.807) is 48.7 Å². The van der Waals surface area contributed by atoms with Crippen LogP contribution in [0, 0.1) is 17.2 Å². The van der Waals surface area contributed by atoms with Gasteiger partial charge >= 0.3 is 16.4 Å². The van der Waals surface area contributed by atoms with Crippen LogP contribution in [0.5, 0.6) is 0 Å². The van der Waals surface area contributed by atoms with Crippen molar-refractivity contribution in [2.24, 2.45) is 5.92 Å². The first-order valence-corrected chi connectivity index (χ1v) is 26.9. The third-order valence-corrected chi connectivity index (χ3v) is 18.6. The van der Waals surface area contributed by atoms with Gasteiger partial charge in [0.1, 0.15) is 43.1 Å². The molecule has 0 saturated carbocycles. The number of imidazole rings is 2. The number of ether oxygens (including phenoxy) is 2. The maximum atomic E-state index is 14.8. The minimum Gasteiger partial charge on any atom is -0.408 e. The van der Waals surface area contributed by atoms with Crippen LogP contribution in [0.2, 0.25) is 18.1 Å². The maximum Gasteiger partial charge on any atom is 0.475 e. The molecule has 1 aromatic carbocycles. The van der Waals surface area contributed by atoms with Crippen molar-refractivity contribution in [1.29, 1.82) is 5.26 Å². The predicted octanol–water partition coefficient (Wildman–Crippen LogP) is 5.46. The highest BCUT2D eigenvalue weighted by Crippen LogP contribution is 2.56. The highest BCUT2D eigenvalue weighted by molar-refractivity contribution is 7.48. The predicted molar refractivity (Wildman–Crippen MR) is 240 cm³/mol. The Hall–Kier alpha value is -4.93. The summed E-state index contributed by atoms with van der Waals surface area (Å²) in [6, 6.07) is 10.5. The van der Waals surface area contributed by atoms with Gasteiger partial charge in [-0.15, -0.1) is 0 Å². The van der Waals surface area contributed by atoms with E-state index in [-0.39, 0.29) is 59.5 Å². The molecule has 3 aliphatic rings. The summed E-state index contributed by atoms with van der Waals surface area (Å²) in [6.45, 7) is 12.3. The summed E-state index contributed by atoms with van der Waals surface area (Å²) in [6.07, 6.45) is -3.73. The largest absolute Gasteiger partial charge is 0.475 e. The molecule has 7 heterocycles. The summed E-state index contributed by atoms with van der Waals surface area (Å²) in [5.41, 5.74) is 0.232. The number of hydrogen-bond acceptors (Lipinski definition) is 19. The Balaban J connectivity index is 1.12. The second-order valence-corrected chi connectivity index (χ2v) is 25.1. The van der Waals surface area contributed by atoms with Gasteiger partial charge in [0, 0.05) is 17.9 Å². The molecule has 9 atom stereocenters. The zero-order valence-electron chi connectivity index (χ0n) is 37.6. The maximum absolute atomic E-state index is 14.8. The molecule has 67 heavy (non-hydrogen) atoms. The topological polar surface area (TPSA) is 300 Å². The van der Waals surface area contributed by atoms with Gasteiger partial charge in [0.25, 0.3) is 11.5 Å². The number of aromatic amines is 1. The Morgan fingerprint density at radius 1 is 1.03 bits per heavy atom. The molecule has 358 valence electrons. The lowest BCUT2D eigenvalue weighted by Gasteiger charge is -2.40. The smallest absolute Gasteiger partial charge is 0.408 e. The molecule has 8 rings (SSSR count). The fourth-order valence-corrected chi connectivity index (χ4v) is 10.7. The number of hydrogen-bond donors (Lipinski definition) is 4. The molecule has 3 aliphatic heterocycles. The fourth-order valence-electron chi connectivity index (χ4n) is 7.23. The van der Waals surface area contributed by atoms with E-state index in [1.807, 2.05) is 39.9 Å². The zero-order chi connectivity index (χ0) is 47.8. The molecular formula is C40H51N11O13P2Si. The number of carbonyl (C=O) groups excluding carboxylic acids is 2. The summed E-state index contributed by atoms with van der Waals surface area (Å²) >= 11 is 0. The highest BCUT2D eigenvalue weighted by Gasteiger charge is 2.54. The van der Waals surface area contributed by atoms with Crippen LogP contribution in [0.4, 0.5) is 11.8 Å². The van der Waals surface area contributed by atoms with Gasteiger partial charge < -0.3 is 33.2 Å². The molecular weight excluding hydrogens is 933 g/mol. The summed E-state index contributed by atoms with van der Waals surface area (Å²) in [5.74, 6) is -1.22. The first kappa shape index (κ1) is 48.5. The van der Waals surface area contributed by atoms with Crippen LogP contribution >= 0.6 is 16.4 Å². The van der Waals surface area contributed by atoms with Crippen molar-refractivity contribution in [3.8, 4) is 6.07 Å². The lowest BCUT2D eigenvalue weighted by atomic mass is 10.1. The van der Waals surface area contributed by atoms with E-state index in [1.165, 1.54) is 23.5 Å². The number of fused-ring (bicyclic) bond motifs is 5. The van der Waals surface area contributed by atoms with E-state index in [9.17, 15) is 29.1 Å². The van der Waals surface area contributed by atoms with E-state index in [4.69, 9.17) is 36.5 Å². The van der Waals surface area contributed by atoms with Crippen molar-refractivity contribution in [2.75, 3.05) is 30.5 Å². The Labute approximate surface area is 385 Å². The van der Waals surface area contributed by atoms with E-state index < -0.39 is 97.6 Å². The van der Waals surface area contributed by atoms with Crippen LogP contribution in [-0.2, 0) is 45.9 Å². The number of nitrogens with zero attached hydrogens (tertiary/aromatic N) is 8. The summed E-state index contributed by atoms with van der Waals surface area (Å²) in [5, 5.41) is 14.4. The number of amides is 2. The van der Waals surface area contributed by atoms with E-state index in [0.29, 0.717) is 11.2 Å². The fraction of sp³-hybridized carbons (Fsp3) is 0.525. The Kier molecular flexibility index (Phi) is 14.2. The van der Waals surface area contributed by atoms with Gasteiger partial charge in [-0.3, -0.25) is 47.4 Å². The number of rotatable bonds is 11. The van der Waals surface area contributed by atoms with Crippen LogP contribution in [-0.4, -0.2) is 114 Å². The van der Waals surface area contributed by atoms with Crippen molar-refractivity contribution in [3.63, 3.8) is 0 Å². The Morgan fingerprint density at radius 2 is 1.78 bits per heavy atom. The summed E-state index contributed by atoms with van der Waals surface area (Å²) in [4.78, 5) is 75.0. The number of nitriles is 1. The quantitative estimate of drug-likeness (QED) is 0.0726. The van der Waals surface area contributed by atoms with Crippen molar-refractivity contribution in [3.05, 3.63) is 65.2 Å². The van der Waals surface area contributed by atoms with Gasteiger partial charge in [0.15, 0.2) is 42.7 Å². The lowest BCUT2D eigenvalue weighted by molar-refractivity contribution is -0.118. The zero-order valence-corrected chi connectivity index (χ0v) is 40.4. The second kappa shape index (κ2) is 19.6. The van der Waals surface area contributed by atoms with Crippen molar-refractivity contribution in [2.45, 2.75) is 109 Å². The molecule has 27 heteroatoms. The molecule has 24 nitrogen and oxygen atoms in total. The number of H-pyrrole nitrogens is 1. The van der Waals surface area contributed by atoms with Gasteiger partial charge in [0.05, 0.1) is 45.0 Å². The molecule has 0 spiro atoms. The van der Waals surface area contributed by atoms with Gasteiger partial charge in [-0.2, -0.15) is 10.2 Å². The van der Waals surface area contributed by atoms with Crippen molar-refractivity contribution < 1.29 is 55.6 Å². The average Bonchev–Trinajstić information content (AvgIpc) is 4.07. The first-order chi connectivity index (χ1) is 31.8. The standard InChI is InChI=1S/C40H51N11O13P2Si/c1-22(2)35(52)48-39-47-34-29(37(54)49-39)45-21-51(34)38-31-30(64-67(6,7)40(3,4)5)26(61-38)18-59-66(56,58-15-11-14-41)63-24-16-27(60-25(24)17-57-65(55)62-31)50-20-44-28-32(42-19-43-33(28)50)46-36(53)23-12-9-8-10-13-23/h8-10,12-13,19-22,24-27,30-31,38,55H,11,15-18H2,1-7H3,(H,42,43,46,53)(H2,47,48,49,52,54)/t24-,25+,26+,27+,30+,31+,38+,65?,66?/m0/s1. The number of anilines is 2. The minimum absolute atomic E-state index is 0.00317. The molecule has 2 amide bonds. The van der Waals surface area contributed by atoms with Gasteiger partial charge in [0.2, 0.25) is 11.9 Å². The average molecular weight is 984 g/mol. The summed E-state index contributed by atoms with van der Waals surface area (Å²) in [7, 11) is -10.1. The van der Waals surface area contributed by atoms with E-state index in [2.05, 4.69) is 40.5 Å². The molecule has 4 N–H and O–H groups in total. The number of carbonyl (C=O) groups is 2. The van der Waals surface area contributed by atoms with Gasteiger partial charge in [-0.25, -0.2) is 24.5 Å². The van der Waals surface area contributed by atoms with Crippen LogP contribution in [0.1, 0.15) is 70.3 Å². The number of phosphoric ester groups is 1. The van der Waals surface area contributed by atoms with E-state index >= 15 is 0 Å². The highest BCUT2D eigenvalue weighted by atomic mass is 31.2. The molecule has 3 fully saturated rings. The molecule has 3 saturated heterocycles. The molecule has 4 aromatic heterocycles. The third kappa shape index (κ3) is 10.4. The van der Waals surface area contributed by atoms with Gasteiger partial charge in [-0.05, 0) is 30.3 Å². The first-order valence-electron chi connectivity index (χ1n) is 21.4. The summed E-state index contributed by atoms with van der Waals surface area (Å²) < 4.78 is 68.3. The second-order valence-electron chi connectivity index (χ2n) is 17.8. The Bertz CT molecular complexity index is 2760. The third-order valence-electron chi connectivity index (χ3n) is 11.8.